The second-order valence-corrected chi connectivity index (χ2v) is 21.4. The first-order chi connectivity index (χ1) is 18.0. The van der Waals surface area contributed by atoms with E-state index in [0.29, 0.717) is 31.2 Å². The van der Waals surface area contributed by atoms with Crippen molar-refractivity contribution in [1.29, 1.82) is 0 Å². The van der Waals surface area contributed by atoms with Gasteiger partial charge in [-0.2, -0.15) is 13.2 Å². The number of hydrogen-bond acceptors (Lipinski definition) is 5. The molecule has 1 aromatic heterocycles. The Morgan fingerprint density at radius 2 is 1.85 bits per heavy atom. The Bertz CT molecular complexity index is 1120. The molecule has 0 bridgehead atoms. The molecule has 4 rings (SSSR count). The largest absolute Gasteiger partial charge is 0.598 e. The van der Waals surface area contributed by atoms with Gasteiger partial charge in [-0.15, -0.1) is 4.72 Å². The number of benzene rings is 1. The predicted molar refractivity (Wildman–Crippen MR) is 154 cm³/mol. The SMILES string of the molecule is CC(C)(C)[S+]([O-])N[C@H](c1nc2ccc([C@H](N)C3CC3)cc2n1COCC[Si](C)(C)C)C1CC(CC(F)(F)F)C1. The van der Waals surface area contributed by atoms with Gasteiger partial charge in [-0.25, -0.2) is 4.98 Å². The lowest BCUT2D eigenvalue weighted by molar-refractivity contribution is -0.154. The fourth-order valence-corrected chi connectivity index (χ4v) is 6.84. The van der Waals surface area contributed by atoms with Gasteiger partial charge in [0.1, 0.15) is 23.3 Å². The molecule has 2 saturated carbocycles. The molecule has 0 saturated heterocycles. The summed E-state index contributed by atoms with van der Waals surface area (Å²) in [5, 5.41) is 0. The topological polar surface area (TPSA) is 88.2 Å². The summed E-state index contributed by atoms with van der Waals surface area (Å²) in [6.45, 7) is 13.5. The Hall–Kier alpha value is -1.11. The van der Waals surface area contributed by atoms with Crippen LogP contribution < -0.4 is 10.5 Å². The van der Waals surface area contributed by atoms with Crippen molar-refractivity contribution in [2.75, 3.05) is 6.61 Å². The molecule has 2 fully saturated rings. The summed E-state index contributed by atoms with van der Waals surface area (Å²) in [6.07, 6.45) is -1.87. The minimum atomic E-state index is -4.18. The third-order valence-electron chi connectivity index (χ3n) is 7.87. The molecule has 11 heteroatoms. The first kappa shape index (κ1) is 30.8. The van der Waals surface area contributed by atoms with Crippen molar-refractivity contribution in [3.05, 3.63) is 29.6 Å². The van der Waals surface area contributed by atoms with E-state index in [1.54, 1.807) is 0 Å². The maximum atomic E-state index is 13.3. The quantitative estimate of drug-likeness (QED) is 0.162. The number of halogens is 3. The zero-order valence-corrected chi connectivity index (χ0v) is 25.9. The van der Waals surface area contributed by atoms with Gasteiger partial charge in [-0.1, -0.05) is 25.7 Å². The van der Waals surface area contributed by atoms with Crippen LogP contribution in [0.15, 0.2) is 18.2 Å². The van der Waals surface area contributed by atoms with Crippen LogP contribution in [0, 0.1) is 17.8 Å². The molecule has 0 aliphatic heterocycles. The van der Waals surface area contributed by atoms with Gasteiger partial charge in [0.15, 0.2) is 0 Å². The summed E-state index contributed by atoms with van der Waals surface area (Å²) in [5.41, 5.74) is 9.26. The number of rotatable bonds is 12. The van der Waals surface area contributed by atoms with Crippen LogP contribution in [-0.4, -0.2) is 39.7 Å². The molecule has 0 spiro atoms. The fourth-order valence-electron chi connectivity index (χ4n) is 5.21. The summed E-state index contributed by atoms with van der Waals surface area (Å²) in [4.78, 5) is 4.97. The molecule has 1 aromatic carbocycles. The van der Waals surface area contributed by atoms with Crippen LogP contribution in [0.1, 0.15) is 76.3 Å². The summed E-state index contributed by atoms with van der Waals surface area (Å²) in [6, 6.07) is 6.61. The highest BCUT2D eigenvalue weighted by molar-refractivity contribution is 7.90. The Kier molecular flexibility index (Phi) is 9.20. The van der Waals surface area contributed by atoms with Crippen LogP contribution in [0.25, 0.3) is 11.0 Å². The molecule has 2 aromatic rings. The number of fused-ring (bicyclic) bond motifs is 1. The molecule has 6 nitrogen and oxygen atoms in total. The molecular weight excluding hydrogens is 541 g/mol. The van der Waals surface area contributed by atoms with E-state index in [-0.39, 0.29) is 18.7 Å². The lowest BCUT2D eigenvalue weighted by Gasteiger charge is -2.41. The van der Waals surface area contributed by atoms with Gasteiger partial charge in [0, 0.05) is 38.5 Å². The summed E-state index contributed by atoms with van der Waals surface area (Å²) in [7, 11) is -1.29. The average molecular weight is 587 g/mol. The minimum absolute atomic E-state index is 0.0360. The molecule has 2 aliphatic rings. The molecule has 220 valence electrons. The Morgan fingerprint density at radius 3 is 2.41 bits per heavy atom. The second-order valence-electron chi connectivity index (χ2n) is 13.8. The Morgan fingerprint density at radius 1 is 1.18 bits per heavy atom. The van der Waals surface area contributed by atoms with Crippen molar-refractivity contribution in [2.24, 2.45) is 23.5 Å². The first-order valence-electron chi connectivity index (χ1n) is 14.1. The maximum absolute atomic E-state index is 13.3. The summed E-state index contributed by atoms with van der Waals surface area (Å²) >= 11 is -1.43. The number of nitrogens with one attached hydrogen (secondary N) is 1. The number of ether oxygens (including phenoxy) is 1. The van der Waals surface area contributed by atoms with Gasteiger partial charge < -0.3 is 19.6 Å². The lowest BCUT2D eigenvalue weighted by Crippen LogP contribution is -2.47. The number of alkyl halides is 3. The van der Waals surface area contributed by atoms with Crippen LogP contribution in [0.4, 0.5) is 13.2 Å². The standard InChI is InChI=1S/C28H45F3N4O2SSi/c1-27(2,3)38(36)34-25(21-13-18(14-21)16-28(29,30)31)26-33-22-10-9-20(24(32)19-7-8-19)15-23(22)35(26)17-37-11-12-39(4,5)6/h9-10,15,18-19,21,24-25,34H,7-8,11-14,16-17,32H2,1-6H3/t18?,21?,24-,25+,38?/m1/s1. The smallest absolute Gasteiger partial charge is 0.389 e. The van der Waals surface area contributed by atoms with Crippen molar-refractivity contribution < 1.29 is 22.5 Å². The highest BCUT2D eigenvalue weighted by atomic mass is 32.2. The number of imidazole rings is 1. The van der Waals surface area contributed by atoms with Crippen molar-refractivity contribution >= 4 is 30.5 Å². The normalized spacial score (nSPS) is 23.1. The Balaban J connectivity index is 1.68. The fraction of sp³-hybridized carbons (Fsp3) is 0.750. The third-order valence-corrected chi connectivity index (χ3v) is 11.1. The zero-order chi connectivity index (χ0) is 28.8. The van der Waals surface area contributed by atoms with E-state index < -0.39 is 48.7 Å². The van der Waals surface area contributed by atoms with Crippen molar-refractivity contribution in [1.82, 2.24) is 14.3 Å². The number of hydrogen-bond donors (Lipinski definition) is 2. The molecule has 0 amide bonds. The number of nitrogens with zero attached hydrogens (tertiary/aromatic N) is 2. The molecule has 3 N–H and O–H groups in total. The summed E-state index contributed by atoms with van der Waals surface area (Å²) in [5.74, 6) is 0.643. The highest BCUT2D eigenvalue weighted by Gasteiger charge is 2.45. The van der Waals surface area contributed by atoms with Crippen molar-refractivity contribution in [3.63, 3.8) is 0 Å². The van der Waals surface area contributed by atoms with Gasteiger partial charge in [0.05, 0.1) is 11.0 Å². The second kappa shape index (κ2) is 11.6. The third kappa shape index (κ3) is 8.22. The Labute approximate surface area is 235 Å². The highest BCUT2D eigenvalue weighted by Crippen LogP contribution is 2.47. The first-order valence-corrected chi connectivity index (χ1v) is 19.0. The van der Waals surface area contributed by atoms with E-state index in [0.717, 1.165) is 35.5 Å². The van der Waals surface area contributed by atoms with Crippen LogP contribution in [0.2, 0.25) is 25.7 Å². The van der Waals surface area contributed by atoms with Gasteiger partial charge in [0.2, 0.25) is 0 Å². The zero-order valence-electron chi connectivity index (χ0n) is 24.1. The monoisotopic (exact) mass is 586 g/mol. The van der Waals surface area contributed by atoms with Gasteiger partial charge in [-0.3, -0.25) is 0 Å². The molecule has 0 radical (unpaired) electrons. The maximum Gasteiger partial charge on any atom is 0.389 e. The van der Waals surface area contributed by atoms with Gasteiger partial charge in [-0.05, 0) is 87.9 Å². The van der Waals surface area contributed by atoms with Crippen molar-refractivity contribution in [2.45, 2.75) is 108 Å². The van der Waals surface area contributed by atoms with Crippen LogP contribution in [0.3, 0.4) is 0 Å². The molecule has 3 atom stereocenters. The van der Waals surface area contributed by atoms with Crippen LogP contribution in [-0.2, 0) is 22.8 Å². The minimum Gasteiger partial charge on any atom is -0.598 e. The van der Waals surface area contributed by atoms with E-state index in [1.165, 1.54) is 0 Å². The van der Waals surface area contributed by atoms with Crippen molar-refractivity contribution in [3.8, 4) is 0 Å². The molecular formula is C28H45F3N4O2SSi. The molecule has 1 heterocycles. The van der Waals surface area contributed by atoms with E-state index in [1.807, 2.05) is 37.5 Å². The number of nitrogens with two attached hydrogens (primary N) is 1. The predicted octanol–water partition coefficient (Wildman–Crippen LogP) is 6.83. The lowest BCUT2D eigenvalue weighted by atomic mass is 9.69. The van der Waals surface area contributed by atoms with Gasteiger partial charge in [0.25, 0.3) is 0 Å². The molecule has 2 aliphatic carbocycles. The van der Waals surface area contributed by atoms with E-state index in [9.17, 15) is 17.7 Å². The number of aromatic nitrogens is 2. The molecule has 39 heavy (non-hydrogen) atoms. The average Bonchev–Trinajstić information content (AvgIpc) is 3.56. The molecule has 1 unspecified atom stereocenters. The van der Waals surface area contributed by atoms with E-state index >= 15 is 0 Å². The van der Waals surface area contributed by atoms with Crippen LogP contribution in [0.5, 0.6) is 0 Å². The van der Waals surface area contributed by atoms with E-state index in [2.05, 4.69) is 30.4 Å². The summed E-state index contributed by atoms with van der Waals surface area (Å²) < 4.78 is 63.4. The van der Waals surface area contributed by atoms with Gasteiger partial charge >= 0.3 is 6.18 Å². The van der Waals surface area contributed by atoms with E-state index in [4.69, 9.17) is 15.5 Å². The van der Waals surface area contributed by atoms with Crippen LogP contribution >= 0.6 is 0 Å².